The Morgan fingerprint density at radius 1 is 1.35 bits per heavy atom. The van der Waals surface area contributed by atoms with Crippen LogP contribution in [-0.4, -0.2) is 21.7 Å². The molecule has 0 aromatic carbocycles. The quantitative estimate of drug-likeness (QED) is 0.589. The Bertz CT molecular complexity index is 536. The summed E-state index contributed by atoms with van der Waals surface area (Å²) in [5.74, 6) is 1.88. The van der Waals surface area contributed by atoms with Gasteiger partial charge < -0.3 is 9.72 Å². The maximum atomic E-state index is 4.78. The van der Waals surface area contributed by atoms with E-state index in [0.717, 1.165) is 36.8 Å². The van der Waals surface area contributed by atoms with Crippen LogP contribution in [-0.2, 0) is 6.54 Å². The fraction of sp³-hybridized carbons (Fsp3) is 0.562. The third-order valence-electron chi connectivity index (χ3n) is 3.51. The van der Waals surface area contributed by atoms with Crippen molar-refractivity contribution in [1.82, 2.24) is 14.7 Å². The number of hydrogen-bond donors (Lipinski definition) is 1. The fourth-order valence-electron chi connectivity index (χ4n) is 2.02. The zero-order valence-corrected chi connectivity index (χ0v) is 13.5. The average Bonchev–Trinajstić information content (AvgIpc) is 2.83. The summed E-state index contributed by atoms with van der Waals surface area (Å²) in [4.78, 5) is 4.78. The van der Waals surface area contributed by atoms with E-state index in [1.54, 1.807) is 0 Å². The molecule has 0 aliphatic heterocycles. The molecule has 0 amide bonds. The van der Waals surface area contributed by atoms with E-state index >= 15 is 0 Å². The molecule has 0 saturated heterocycles. The van der Waals surface area contributed by atoms with E-state index in [4.69, 9.17) is 4.98 Å². The molecule has 3 nitrogen and oxygen atoms in total. The van der Waals surface area contributed by atoms with Crippen LogP contribution in [0.25, 0.3) is 5.65 Å². The van der Waals surface area contributed by atoms with Crippen LogP contribution >= 0.6 is 11.8 Å². The summed E-state index contributed by atoms with van der Waals surface area (Å²) in [6.07, 6.45) is 4.49. The van der Waals surface area contributed by atoms with E-state index in [9.17, 15) is 0 Å². The van der Waals surface area contributed by atoms with Crippen LogP contribution < -0.4 is 5.32 Å². The van der Waals surface area contributed by atoms with Gasteiger partial charge in [0, 0.05) is 18.5 Å². The molecule has 0 aliphatic carbocycles. The minimum Gasteiger partial charge on any atom is -0.311 e. The molecule has 1 N–H and O–H groups in total. The van der Waals surface area contributed by atoms with Crippen LogP contribution in [0.4, 0.5) is 0 Å². The maximum absolute atomic E-state index is 4.78. The molecule has 1 unspecified atom stereocenters. The molecular formula is C16H25N3S. The van der Waals surface area contributed by atoms with Gasteiger partial charge in [-0.05, 0) is 31.0 Å². The molecule has 1 atom stereocenters. The average molecular weight is 291 g/mol. The van der Waals surface area contributed by atoms with Crippen LogP contribution in [0.1, 0.15) is 39.3 Å². The van der Waals surface area contributed by atoms with Crippen LogP contribution in [0, 0.1) is 5.92 Å². The van der Waals surface area contributed by atoms with E-state index in [1.807, 2.05) is 11.8 Å². The van der Waals surface area contributed by atoms with Gasteiger partial charge in [0.1, 0.15) is 10.7 Å². The Kier molecular flexibility index (Phi) is 5.92. The van der Waals surface area contributed by atoms with E-state index in [2.05, 4.69) is 54.9 Å². The molecule has 0 bridgehead atoms. The molecule has 2 aromatic heterocycles. The summed E-state index contributed by atoms with van der Waals surface area (Å²) in [5, 5.41) is 4.68. The first-order chi connectivity index (χ1) is 9.76. The Morgan fingerprint density at radius 2 is 2.20 bits per heavy atom. The molecule has 0 radical (unpaired) electrons. The van der Waals surface area contributed by atoms with Crippen molar-refractivity contribution in [3.05, 3.63) is 30.1 Å². The van der Waals surface area contributed by atoms with Crippen LogP contribution in [0.15, 0.2) is 29.4 Å². The van der Waals surface area contributed by atoms with Gasteiger partial charge in [-0.1, -0.05) is 33.3 Å². The summed E-state index contributed by atoms with van der Waals surface area (Å²) < 4.78 is 2.21. The highest BCUT2D eigenvalue weighted by atomic mass is 32.2. The number of hydrogen-bond acceptors (Lipinski definition) is 3. The number of fused-ring (bicyclic) bond motifs is 1. The lowest BCUT2D eigenvalue weighted by Crippen LogP contribution is -2.15. The van der Waals surface area contributed by atoms with E-state index in [1.165, 1.54) is 17.1 Å². The number of nitrogens with zero attached hydrogens (tertiary/aromatic N) is 2. The van der Waals surface area contributed by atoms with Crippen molar-refractivity contribution in [2.24, 2.45) is 5.92 Å². The Hall–Kier alpha value is -1.00. The van der Waals surface area contributed by atoms with Gasteiger partial charge in [0.15, 0.2) is 0 Å². The number of nitrogens with one attached hydrogen (secondary N) is 1. The number of aromatic nitrogens is 2. The molecule has 0 fully saturated rings. The Morgan fingerprint density at radius 3 is 2.95 bits per heavy atom. The first-order valence-corrected chi connectivity index (χ1v) is 8.54. The first kappa shape index (κ1) is 15.4. The van der Waals surface area contributed by atoms with Crippen molar-refractivity contribution in [3.63, 3.8) is 0 Å². The van der Waals surface area contributed by atoms with Crippen molar-refractivity contribution < 1.29 is 0 Å². The number of rotatable bonds is 8. The lowest BCUT2D eigenvalue weighted by atomic mass is 10.2. The summed E-state index contributed by atoms with van der Waals surface area (Å²) in [6.45, 7) is 8.69. The third kappa shape index (κ3) is 3.76. The van der Waals surface area contributed by atoms with Gasteiger partial charge >= 0.3 is 0 Å². The lowest BCUT2D eigenvalue weighted by molar-refractivity contribution is 0.634. The van der Waals surface area contributed by atoms with Gasteiger partial charge in [0.05, 0.1) is 5.69 Å². The normalized spacial score (nSPS) is 12.9. The van der Waals surface area contributed by atoms with Gasteiger partial charge in [-0.2, -0.15) is 0 Å². The van der Waals surface area contributed by atoms with Gasteiger partial charge in [0.25, 0.3) is 0 Å². The van der Waals surface area contributed by atoms with E-state index < -0.39 is 0 Å². The Balaban J connectivity index is 2.19. The second-order valence-electron chi connectivity index (χ2n) is 5.29. The molecule has 20 heavy (non-hydrogen) atoms. The highest BCUT2D eigenvalue weighted by Gasteiger charge is 2.13. The van der Waals surface area contributed by atoms with Gasteiger partial charge in [-0.15, -0.1) is 11.8 Å². The second-order valence-corrected chi connectivity index (χ2v) is 6.30. The summed E-state index contributed by atoms with van der Waals surface area (Å²) in [6, 6.07) is 6.20. The van der Waals surface area contributed by atoms with Crippen molar-refractivity contribution >= 4 is 17.4 Å². The van der Waals surface area contributed by atoms with Gasteiger partial charge in [0.2, 0.25) is 0 Å². The largest absolute Gasteiger partial charge is 0.311 e. The van der Waals surface area contributed by atoms with Crippen molar-refractivity contribution in [2.75, 3.05) is 12.3 Å². The molecule has 2 heterocycles. The first-order valence-electron chi connectivity index (χ1n) is 7.55. The molecule has 2 aromatic rings. The van der Waals surface area contributed by atoms with Crippen molar-refractivity contribution in [1.29, 1.82) is 0 Å². The SMILES string of the molecule is CCCNCc1c(SCC(C)CC)nc2ccccn12. The maximum Gasteiger partial charge on any atom is 0.138 e. The predicted molar refractivity (Wildman–Crippen MR) is 87.4 cm³/mol. The summed E-state index contributed by atoms with van der Waals surface area (Å²) >= 11 is 1.89. The molecule has 4 heteroatoms. The zero-order chi connectivity index (χ0) is 14.4. The topological polar surface area (TPSA) is 29.3 Å². The molecule has 0 spiro atoms. The molecule has 0 aliphatic rings. The van der Waals surface area contributed by atoms with E-state index in [-0.39, 0.29) is 0 Å². The van der Waals surface area contributed by atoms with Gasteiger partial charge in [-0.25, -0.2) is 4.98 Å². The third-order valence-corrected chi connectivity index (χ3v) is 4.85. The molecular weight excluding hydrogens is 266 g/mol. The predicted octanol–water partition coefficient (Wildman–Crippen LogP) is 3.97. The van der Waals surface area contributed by atoms with Crippen LogP contribution in [0.2, 0.25) is 0 Å². The minimum atomic E-state index is 0.737. The van der Waals surface area contributed by atoms with Crippen molar-refractivity contribution in [3.8, 4) is 0 Å². The second kappa shape index (κ2) is 7.70. The van der Waals surface area contributed by atoms with Crippen LogP contribution in [0.5, 0.6) is 0 Å². The molecule has 0 saturated carbocycles. The van der Waals surface area contributed by atoms with Crippen molar-refractivity contribution in [2.45, 2.75) is 45.2 Å². The zero-order valence-electron chi connectivity index (χ0n) is 12.7. The summed E-state index contributed by atoms with van der Waals surface area (Å²) in [5.41, 5.74) is 2.34. The Labute approximate surface area is 126 Å². The van der Waals surface area contributed by atoms with E-state index in [0.29, 0.717) is 0 Å². The van der Waals surface area contributed by atoms with Gasteiger partial charge in [-0.3, -0.25) is 0 Å². The number of pyridine rings is 1. The molecule has 2 rings (SSSR count). The highest BCUT2D eigenvalue weighted by Crippen LogP contribution is 2.26. The highest BCUT2D eigenvalue weighted by molar-refractivity contribution is 7.99. The molecule has 110 valence electrons. The number of thioether (sulfide) groups is 1. The van der Waals surface area contributed by atoms with Crippen LogP contribution in [0.3, 0.4) is 0 Å². The minimum absolute atomic E-state index is 0.737. The smallest absolute Gasteiger partial charge is 0.138 e. The monoisotopic (exact) mass is 291 g/mol. The standard InChI is InChI=1S/C16H25N3S/c1-4-9-17-11-14-16(20-12-13(3)5-2)18-15-8-6-7-10-19(14)15/h6-8,10,13,17H,4-5,9,11-12H2,1-3H3. The fourth-order valence-corrected chi connectivity index (χ4v) is 3.20. The summed E-state index contributed by atoms with van der Waals surface area (Å²) in [7, 11) is 0. The lowest BCUT2D eigenvalue weighted by Gasteiger charge is -2.09. The number of imidazole rings is 1.